The lowest BCUT2D eigenvalue weighted by atomic mass is 9.95. The Bertz CT molecular complexity index is 509. The zero-order chi connectivity index (χ0) is 15.0. The second-order valence-corrected chi connectivity index (χ2v) is 4.69. The van der Waals surface area contributed by atoms with Crippen LogP contribution in [0.15, 0.2) is 29.3 Å². The Hall–Kier alpha value is -1.76. The third-order valence-corrected chi connectivity index (χ3v) is 3.23. The van der Waals surface area contributed by atoms with Gasteiger partial charge in [-0.2, -0.15) is 13.2 Å². The van der Waals surface area contributed by atoms with Crippen LogP contribution in [0, 0.1) is 0 Å². The number of hydrogen-bond donors (Lipinski definition) is 1. The minimum Gasteiger partial charge on any atom is -0.463 e. The van der Waals surface area contributed by atoms with Crippen molar-refractivity contribution in [2.24, 2.45) is 4.99 Å². The molecule has 1 atom stereocenters. The number of hydrogen-bond acceptors (Lipinski definition) is 4. The highest BCUT2D eigenvalue weighted by atomic mass is 19.4. The molecule has 0 radical (unpaired) electrons. The van der Waals surface area contributed by atoms with Gasteiger partial charge in [0.25, 0.3) is 6.02 Å². The number of ether oxygens (including phenoxy) is 1. The van der Waals surface area contributed by atoms with Gasteiger partial charge in [0, 0.05) is 12.7 Å². The molecule has 0 fully saturated rings. The van der Waals surface area contributed by atoms with Crippen LogP contribution in [-0.4, -0.2) is 37.5 Å². The topological polar surface area (TPSA) is 45.1 Å². The Balaban J connectivity index is 2.22. The lowest BCUT2D eigenvalue weighted by Gasteiger charge is -2.27. The van der Waals surface area contributed by atoms with Crippen molar-refractivity contribution in [3.63, 3.8) is 0 Å². The second kappa shape index (κ2) is 4.97. The summed E-state index contributed by atoms with van der Waals surface area (Å²) in [6.07, 6.45) is -4.72. The van der Waals surface area contributed by atoms with Gasteiger partial charge in [-0.25, -0.2) is 4.99 Å². The van der Waals surface area contributed by atoms with Gasteiger partial charge in [0.15, 0.2) is 5.60 Å². The van der Waals surface area contributed by atoms with E-state index in [9.17, 15) is 18.3 Å². The van der Waals surface area contributed by atoms with Crippen molar-refractivity contribution in [3.05, 3.63) is 29.8 Å². The smallest absolute Gasteiger partial charge is 0.421 e. The third-order valence-electron chi connectivity index (χ3n) is 3.23. The standard InChI is InChI=1S/C13H15F3N2O2/c1-12(19,13(14,15)16)9-3-5-10(6-4-9)18(2)11-17-7-8-20-11/h3-6,19H,7-8H2,1-2H3. The first-order chi connectivity index (χ1) is 9.23. The first kappa shape index (κ1) is 14.6. The van der Waals surface area contributed by atoms with E-state index in [1.54, 1.807) is 11.9 Å². The number of rotatable bonds is 2. The van der Waals surface area contributed by atoms with Crippen molar-refractivity contribution >= 4 is 11.7 Å². The maximum atomic E-state index is 12.7. The summed E-state index contributed by atoms with van der Waals surface area (Å²) in [6.45, 7) is 1.80. The highest BCUT2D eigenvalue weighted by Crippen LogP contribution is 2.38. The second-order valence-electron chi connectivity index (χ2n) is 4.69. The molecule has 0 saturated heterocycles. The van der Waals surface area contributed by atoms with Crippen LogP contribution in [0.25, 0.3) is 0 Å². The van der Waals surface area contributed by atoms with Gasteiger partial charge >= 0.3 is 6.18 Å². The number of nitrogens with zero attached hydrogens (tertiary/aromatic N) is 2. The highest BCUT2D eigenvalue weighted by Gasteiger charge is 2.51. The highest BCUT2D eigenvalue weighted by molar-refractivity contribution is 5.91. The van der Waals surface area contributed by atoms with Gasteiger partial charge in [-0.3, -0.25) is 4.90 Å². The average Bonchev–Trinajstić information content (AvgIpc) is 2.90. The van der Waals surface area contributed by atoms with Crippen LogP contribution < -0.4 is 4.90 Å². The summed E-state index contributed by atoms with van der Waals surface area (Å²) in [7, 11) is 1.71. The zero-order valence-electron chi connectivity index (χ0n) is 11.1. The van der Waals surface area contributed by atoms with E-state index in [0.29, 0.717) is 24.9 Å². The molecule has 1 heterocycles. The molecule has 20 heavy (non-hydrogen) atoms. The van der Waals surface area contributed by atoms with Gasteiger partial charge in [0.05, 0.1) is 6.54 Å². The van der Waals surface area contributed by atoms with Crippen molar-refractivity contribution in [1.82, 2.24) is 0 Å². The van der Waals surface area contributed by atoms with E-state index in [2.05, 4.69) is 4.99 Å². The quantitative estimate of drug-likeness (QED) is 0.908. The molecule has 4 nitrogen and oxygen atoms in total. The fraction of sp³-hybridized carbons (Fsp3) is 0.462. The molecule has 0 bridgehead atoms. The van der Waals surface area contributed by atoms with Gasteiger partial charge in [-0.05, 0) is 24.6 Å². The molecule has 0 aromatic heterocycles. The number of aliphatic hydroxyl groups is 1. The predicted octanol–water partition coefficient (Wildman–Crippen LogP) is 2.28. The molecule has 7 heteroatoms. The van der Waals surface area contributed by atoms with Crippen LogP contribution in [0.4, 0.5) is 18.9 Å². The molecular weight excluding hydrogens is 273 g/mol. The molecule has 0 amide bonds. The number of anilines is 1. The van der Waals surface area contributed by atoms with Crippen molar-refractivity contribution < 1.29 is 23.0 Å². The normalized spacial score (nSPS) is 18.2. The van der Waals surface area contributed by atoms with E-state index in [1.807, 2.05) is 0 Å². The summed E-state index contributed by atoms with van der Waals surface area (Å²) in [4.78, 5) is 5.75. The molecule has 1 aromatic rings. The van der Waals surface area contributed by atoms with Crippen molar-refractivity contribution in [3.8, 4) is 0 Å². The van der Waals surface area contributed by atoms with Crippen LogP contribution in [0.1, 0.15) is 12.5 Å². The maximum absolute atomic E-state index is 12.7. The Kier molecular flexibility index (Phi) is 3.64. The SMILES string of the molecule is CN(C1=NCCO1)c1ccc(C(C)(O)C(F)(F)F)cc1. The molecule has 0 spiro atoms. The molecule has 1 aromatic carbocycles. The van der Waals surface area contributed by atoms with Gasteiger partial charge in [0.1, 0.15) is 6.61 Å². The lowest BCUT2D eigenvalue weighted by Crippen LogP contribution is -2.39. The van der Waals surface area contributed by atoms with Crippen molar-refractivity contribution in [2.45, 2.75) is 18.7 Å². The number of benzene rings is 1. The molecule has 1 aliphatic heterocycles. The Morgan fingerprint density at radius 3 is 2.30 bits per heavy atom. The third kappa shape index (κ3) is 2.58. The number of amidine groups is 1. The van der Waals surface area contributed by atoms with Crippen LogP contribution >= 0.6 is 0 Å². The largest absolute Gasteiger partial charge is 0.463 e. The van der Waals surface area contributed by atoms with E-state index in [4.69, 9.17) is 4.74 Å². The summed E-state index contributed by atoms with van der Waals surface area (Å²) in [5.74, 6) is 0. The Morgan fingerprint density at radius 1 is 1.25 bits per heavy atom. The first-order valence-electron chi connectivity index (χ1n) is 6.04. The van der Waals surface area contributed by atoms with E-state index in [0.717, 1.165) is 6.92 Å². The van der Waals surface area contributed by atoms with Gasteiger partial charge in [-0.1, -0.05) is 12.1 Å². The summed E-state index contributed by atoms with van der Waals surface area (Å²) >= 11 is 0. The summed E-state index contributed by atoms with van der Waals surface area (Å²) < 4.78 is 43.4. The fourth-order valence-corrected chi connectivity index (χ4v) is 1.81. The molecule has 1 unspecified atom stereocenters. The van der Waals surface area contributed by atoms with Crippen LogP contribution in [0.5, 0.6) is 0 Å². The van der Waals surface area contributed by atoms with E-state index in [-0.39, 0.29) is 5.56 Å². The van der Waals surface area contributed by atoms with Gasteiger partial charge in [-0.15, -0.1) is 0 Å². The summed E-state index contributed by atoms with van der Waals surface area (Å²) in [6, 6.07) is 5.89. The van der Waals surface area contributed by atoms with E-state index in [1.165, 1.54) is 24.3 Å². The average molecular weight is 288 g/mol. The maximum Gasteiger partial charge on any atom is 0.421 e. The number of halogens is 3. The minimum atomic E-state index is -4.72. The molecule has 0 aliphatic carbocycles. The van der Waals surface area contributed by atoms with Gasteiger partial charge in [0.2, 0.25) is 0 Å². The molecule has 1 N–H and O–H groups in total. The number of aliphatic imine (C=N–C) groups is 1. The Labute approximate surface area is 114 Å². The summed E-state index contributed by atoms with van der Waals surface area (Å²) in [5.41, 5.74) is -2.45. The zero-order valence-corrected chi connectivity index (χ0v) is 11.1. The lowest BCUT2D eigenvalue weighted by molar-refractivity contribution is -0.258. The molecule has 110 valence electrons. The fourth-order valence-electron chi connectivity index (χ4n) is 1.81. The van der Waals surface area contributed by atoms with E-state index >= 15 is 0 Å². The van der Waals surface area contributed by atoms with Crippen LogP contribution in [-0.2, 0) is 10.3 Å². The molecule has 2 rings (SSSR count). The monoisotopic (exact) mass is 288 g/mol. The minimum absolute atomic E-state index is 0.212. The molecule has 0 saturated carbocycles. The molecular formula is C13H15F3N2O2. The van der Waals surface area contributed by atoms with Crippen LogP contribution in [0.3, 0.4) is 0 Å². The Morgan fingerprint density at radius 2 is 1.85 bits per heavy atom. The van der Waals surface area contributed by atoms with Crippen molar-refractivity contribution in [1.29, 1.82) is 0 Å². The van der Waals surface area contributed by atoms with Crippen molar-refractivity contribution in [2.75, 3.05) is 25.1 Å². The number of alkyl halides is 3. The van der Waals surface area contributed by atoms with Gasteiger partial charge < -0.3 is 9.84 Å². The first-order valence-corrected chi connectivity index (χ1v) is 6.04. The van der Waals surface area contributed by atoms with Crippen LogP contribution in [0.2, 0.25) is 0 Å². The summed E-state index contributed by atoms with van der Waals surface area (Å²) in [5, 5.41) is 9.58. The predicted molar refractivity (Wildman–Crippen MR) is 68.7 cm³/mol. The van der Waals surface area contributed by atoms with E-state index < -0.39 is 11.8 Å². The molecule has 1 aliphatic rings.